The normalized spacial score (nSPS) is 12.8. The fraction of sp³-hybridized carbons (Fsp3) is 0.286. The molecule has 2 heterocycles. The molecule has 6 heteroatoms. The van der Waals surface area contributed by atoms with Crippen LogP contribution in [0.15, 0.2) is 28.9 Å². The Bertz CT molecular complexity index is 735. The van der Waals surface area contributed by atoms with E-state index >= 15 is 0 Å². The number of rotatable bonds is 4. The van der Waals surface area contributed by atoms with Crippen molar-refractivity contribution >= 4 is 54.0 Å². The molecule has 1 aromatic carbocycles. The van der Waals surface area contributed by atoms with Crippen molar-refractivity contribution < 1.29 is 0 Å². The molecule has 3 rings (SSSR count). The summed E-state index contributed by atoms with van der Waals surface area (Å²) in [5.41, 5.74) is 1.03. The van der Waals surface area contributed by atoms with Gasteiger partial charge in [-0.25, -0.2) is 9.97 Å². The number of nitrogens with one attached hydrogen (secondary N) is 1. The minimum absolute atomic E-state index is 0.185. The van der Waals surface area contributed by atoms with E-state index in [1.165, 1.54) is 9.58 Å². The van der Waals surface area contributed by atoms with Crippen molar-refractivity contribution in [2.24, 2.45) is 0 Å². The predicted molar refractivity (Wildman–Crippen MR) is 90.8 cm³/mol. The van der Waals surface area contributed by atoms with Gasteiger partial charge in [-0.3, -0.25) is 0 Å². The van der Waals surface area contributed by atoms with Gasteiger partial charge in [-0.1, -0.05) is 34.2 Å². The summed E-state index contributed by atoms with van der Waals surface area (Å²) in [6.45, 7) is 4.28. The molecule has 0 bridgehead atoms. The van der Waals surface area contributed by atoms with Gasteiger partial charge in [0.15, 0.2) is 5.13 Å². The lowest BCUT2D eigenvalue weighted by Crippen LogP contribution is -2.05. The Hall–Kier alpha value is -0.980. The van der Waals surface area contributed by atoms with Crippen molar-refractivity contribution in [3.05, 3.63) is 38.8 Å². The Morgan fingerprint density at radius 1 is 1.35 bits per heavy atom. The van der Waals surface area contributed by atoms with Gasteiger partial charge in [0.1, 0.15) is 5.01 Å². The zero-order valence-electron chi connectivity index (χ0n) is 11.2. The second-order valence-corrected chi connectivity index (χ2v) is 7.61. The monoisotopic (exact) mass is 367 g/mol. The van der Waals surface area contributed by atoms with Gasteiger partial charge in [-0.05, 0) is 31.5 Å². The van der Waals surface area contributed by atoms with Crippen LogP contribution in [0.4, 0.5) is 5.13 Å². The van der Waals surface area contributed by atoms with E-state index in [4.69, 9.17) is 0 Å². The average Bonchev–Trinajstić information content (AvgIpc) is 3.03. The molecule has 3 aromatic rings. The van der Waals surface area contributed by atoms with Gasteiger partial charge in [0, 0.05) is 15.5 Å². The van der Waals surface area contributed by atoms with Gasteiger partial charge < -0.3 is 5.32 Å². The number of aryl methyl sites for hydroxylation is 1. The lowest BCUT2D eigenvalue weighted by atomic mass is 10.3. The number of fused-ring (bicyclic) bond motifs is 1. The van der Waals surface area contributed by atoms with E-state index in [2.05, 4.69) is 51.1 Å². The SMILES string of the molecule is CCc1cnc(C(C)Nc2nc3ccc(Br)cc3s2)s1. The standard InChI is InChI=1S/C14H14BrN3S2/c1-3-10-7-16-13(19-10)8(2)17-14-18-11-5-4-9(15)6-12(11)20-14/h4-8H,3H2,1-2H3,(H,17,18). The maximum Gasteiger partial charge on any atom is 0.184 e. The van der Waals surface area contributed by atoms with Crippen LogP contribution in [-0.2, 0) is 6.42 Å². The Kier molecular flexibility index (Phi) is 4.05. The first-order chi connectivity index (χ1) is 9.65. The van der Waals surface area contributed by atoms with Crippen LogP contribution < -0.4 is 5.32 Å². The highest BCUT2D eigenvalue weighted by atomic mass is 79.9. The number of nitrogens with zero attached hydrogens (tertiary/aromatic N) is 2. The van der Waals surface area contributed by atoms with Crippen molar-refractivity contribution in [3.63, 3.8) is 0 Å². The first-order valence-electron chi connectivity index (χ1n) is 6.43. The molecule has 104 valence electrons. The molecule has 20 heavy (non-hydrogen) atoms. The van der Waals surface area contributed by atoms with Crippen LogP contribution in [0.2, 0.25) is 0 Å². The van der Waals surface area contributed by atoms with E-state index in [0.717, 1.165) is 26.5 Å². The quantitative estimate of drug-likeness (QED) is 0.683. The van der Waals surface area contributed by atoms with Gasteiger partial charge in [0.05, 0.1) is 16.3 Å². The third kappa shape index (κ3) is 2.87. The van der Waals surface area contributed by atoms with Gasteiger partial charge in [0.2, 0.25) is 0 Å². The molecule has 1 atom stereocenters. The highest BCUT2D eigenvalue weighted by molar-refractivity contribution is 9.10. The molecular weight excluding hydrogens is 354 g/mol. The molecule has 1 unspecified atom stereocenters. The van der Waals surface area contributed by atoms with E-state index in [9.17, 15) is 0 Å². The first kappa shape index (κ1) is 14.0. The molecule has 0 fully saturated rings. The first-order valence-corrected chi connectivity index (χ1v) is 8.85. The second kappa shape index (κ2) is 5.79. The number of hydrogen-bond donors (Lipinski definition) is 1. The number of anilines is 1. The van der Waals surface area contributed by atoms with Gasteiger partial charge in [0.25, 0.3) is 0 Å². The number of benzene rings is 1. The summed E-state index contributed by atoms with van der Waals surface area (Å²) in [4.78, 5) is 10.4. The van der Waals surface area contributed by atoms with Crippen LogP contribution in [0.1, 0.15) is 29.8 Å². The minimum Gasteiger partial charge on any atom is -0.353 e. The van der Waals surface area contributed by atoms with Crippen molar-refractivity contribution in [2.45, 2.75) is 26.3 Å². The van der Waals surface area contributed by atoms with Crippen LogP contribution in [0.3, 0.4) is 0 Å². The maximum atomic E-state index is 4.61. The average molecular weight is 368 g/mol. The summed E-state index contributed by atoms with van der Waals surface area (Å²) in [6.07, 6.45) is 3.01. The summed E-state index contributed by atoms with van der Waals surface area (Å²) in [5.74, 6) is 0. The van der Waals surface area contributed by atoms with E-state index in [-0.39, 0.29) is 6.04 Å². The zero-order valence-corrected chi connectivity index (χ0v) is 14.4. The van der Waals surface area contributed by atoms with Crippen LogP contribution in [-0.4, -0.2) is 9.97 Å². The molecule has 1 N–H and O–H groups in total. The minimum atomic E-state index is 0.185. The number of halogens is 1. The molecular formula is C14H14BrN3S2. The molecule has 0 amide bonds. The largest absolute Gasteiger partial charge is 0.353 e. The predicted octanol–water partition coefficient (Wildman–Crippen LogP) is 5.25. The smallest absolute Gasteiger partial charge is 0.184 e. The fourth-order valence-electron chi connectivity index (χ4n) is 1.89. The Morgan fingerprint density at radius 3 is 2.95 bits per heavy atom. The molecule has 2 aromatic heterocycles. The van der Waals surface area contributed by atoms with Gasteiger partial charge >= 0.3 is 0 Å². The molecule has 0 aliphatic carbocycles. The van der Waals surface area contributed by atoms with Crippen LogP contribution in [0, 0.1) is 0 Å². The molecule has 0 radical (unpaired) electrons. The summed E-state index contributed by atoms with van der Waals surface area (Å²) < 4.78 is 2.27. The molecule has 0 saturated carbocycles. The Morgan fingerprint density at radius 2 is 2.20 bits per heavy atom. The topological polar surface area (TPSA) is 37.8 Å². The second-order valence-electron chi connectivity index (χ2n) is 4.52. The van der Waals surface area contributed by atoms with Crippen molar-refractivity contribution in [1.82, 2.24) is 9.97 Å². The summed E-state index contributed by atoms with van der Waals surface area (Å²) >= 11 is 6.93. The molecule has 0 spiro atoms. The van der Waals surface area contributed by atoms with E-state index in [0.29, 0.717) is 0 Å². The maximum absolute atomic E-state index is 4.61. The molecule has 0 aliphatic heterocycles. The molecule has 0 saturated heterocycles. The van der Waals surface area contributed by atoms with Crippen molar-refractivity contribution in [1.29, 1.82) is 0 Å². The Labute approximate surface area is 134 Å². The van der Waals surface area contributed by atoms with E-state index in [1.54, 1.807) is 22.7 Å². The molecule has 0 aliphatic rings. The summed E-state index contributed by atoms with van der Waals surface area (Å²) in [6, 6.07) is 6.33. The van der Waals surface area contributed by atoms with Gasteiger partial charge in [-0.2, -0.15) is 0 Å². The molecule has 3 nitrogen and oxygen atoms in total. The van der Waals surface area contributed by atoms with Crippen LogP contribution in [0.25, 0.3) is 10.2 Å². The number of aromatic nitrogens is 2. The summed E-state index contributed by atoms with van der Waals surface area (Å²) in [5, 5.41) is 5.50. The van der Waals surface area contributed by atoms with E-state index in [1.807, 2.05) is 18.3 Å². The Balaban J connectivity index is 1.81. The van der Waals surface area contributed by atoms with Gasteiger partial charge in [-0.15, -0.1) is 11.3 Å². The van der Waals surface area contributed by atoms with Crippen LogP contribution >= 0.6 is 38.6 Å². The highest BCUT2D eigenvalue weighted by Crippen LogP contribution is 2.31. The fourth-order valence-corrected chi connectivity index (χ4v) is 4.26. The van der Waals surface area contributed by atoms with Crippen LogP contribution in [0.5, 0.6) is 0 Å². The highest BCUT2D eigenvalue weighted by Gasteiger charge is 2.12. The number of hydrogen-bond acceptors (Lipinski definition) is 5. The van der Waals surface area contributed by atoms with Crippen molar-refractivity contribution in [2.75, 3.05) is 5.32 Å². The summed E-state index contributed by atoms with van der Waals surface area (Å²) in [7, 11) is 0. The zero-order chi connectivity index (χ0) is 14.1. The lowest BCUT2D eigenvalue weighted by Gasteiger charge is -2.08. The van der Waals surface area contributed by atoms with Crippen molar-refractivity contribution in [3.8, 4) is 0 Å². The third-order valence-electron chi connectivity index (χ3n) is 2.98. The number of thiazole rings is 2. The lowest BCUT2D eigenvalue weighted by molar-refractivity contribution is 0.867. The van der Waals surface area contributed by atoms with E-state index < -0.39 is 0 Å². The third-order valence-corrected chi connectivity index (χ3v) is 5.75.